The van der Waals surface area contributed by atoms with Gasteiger partial charge in [0.15, 0.2) is 0 Å². The van der Waals surface area contributed by atoms with Crippen molar-refractivity contribution in [1.82, 2.24) is 9.80 Å². The van der Waals surface area contributed by atoms with Crippen molar-refractivity contribution in [3.8, 4) is 5.75 Å². The average Bonchev–Trinajstić information content (AvgIpc) is 3.43. The Bertz CT molecular complexity index is 588. The van der Waals surface area contributed by atoms with E-state index in [0.29, 0.717) is 6.10 Å². The molecule has 1 saturated carbocycles. The lowest BCUT2D eigenvalue weighted by molar-refractivity contribution is 0.0540. The molecule has 4 nitrogen and oxygen atoms in total. The van der Waals surface area contributed by atoms with Gasteiger partial charge < -0.3 is 14.4 Å². The fourth-order valence-electron chi connectivity index (χ4n) is 5.44. The molecule has 1 aromatic rings. The van der Waals surface area contributed by atoms with E-state index >= 15 is 0 Å². The number of hydrogen-bond donors (Lipinski definition) is 0. The molecule has 0 aromatic heterocycles. The number of nitrogens with zero attached hydrogens (tertiary/aromatic N) is 2. The quantitative estimate of drug-likeness (QED) is 0.664. The third-order valence-corrected chi connectivity index (χ3v) is 7.03. The fourth-order valence-corrected chi connectivity index (χ4v) is 5.44. The summed E-state index contributed by atoms with van der Waals surface area (Å²) in [5.74, 6) is 1.78. The lowest BCUT2D eigenvalue weighted by Crippen LogP contribution is -2.43. The van der Waals surface area contributed by atoms with Gasteiger partial charge in [-0.2, -0.15) is 0 Å². The summed E-state index contributed by atoms with van der Waals surface area (Å²) in [6.07, 6.45) is 11.3. The molecule has 0 bridgehead atoms. The van der Waals surface area contributed by atoms with E-state index in [4.69, 9.17) is 9.47 Å². The number of methoxy groups -OCH3 is 1. The SMILES string of the molecule is COc1cccc(CN(CC2CCN(C3CCCC3)CC2)CC2CCCO2)c1. The Labute approximate surface area is 171 Å². The van der Waals surface area contributed by atoms with E-state index in [-0.39, 0.29) is 0 Å². The zero-order valence-corrected chi connectivity index (χ0v) is 17.7. The topological polar surface area (TPSA) is 24.9 Å². The first-order valence-corrected chi connectivity index (χ1v) is 11.5. The van der Waals surface area contributed by atoms with Gasteiger partial charge in [-0.05, 0) is 75.2 Å². The summed E-state index contributed by atoms with van der Waals surface area (Å²) in [4.78, 5) is 5.44. The Kier molecular flexibility index (Phi) is 7.27. The van der Waals surface area contributed by atoms with Crippen molar-refractivity contribution in [2.75, 3.05) is 39.9 Å². The fraction of sp³-hybridized carbons (Fsp3) is 0.750. The van der Waals surface area contributed by atoms with Gasteiger partial charge in [0.05, 0.1) is 13.2 Å². The average molecular weight is 387 g/mol. The van der Waals surface area contributed by atoms with E-state index in [2.05, 4.69) is 28.0 Å². The predicted octanol–water partition coefficient (Wildman–Crippen LogP) is 4.33. The van der Waals surface area contributed by atoms with Crippen LogP contribution in [0.2, 0.25) is 0 Å². The number of likely N-dealkylation sites (tertiary alicyclic amines) is 1. The first-order chi connectivity index (χ1) is 13.8. The molecule has 0 amide bonds. The second kappa shape index (κ2) is 10.1. The molecule has 4 heteroatoms. The van der Waals surface area contributed by atoms with Crippen molar-refractivity contribution >= 4 is 0 Å². The highest BCUT2D eigenvalue weighted by molar-refractivity contribution is 5.28. The molecule has 2 saturated heterocycles. The monoisotopic (exact) mass is 386 g/mol. The zero-order chi connectivity index (χ0) is 19.2. The summed E-state index contributed by atoms with van der Waals surface area (Å²) < 4.78 is 11.4. The van der Waals surface area contributed by atoms with Gasteiger partial charge in [0, 0.05) is 32.3 Å². The summed E-state index contributed by atoms with van der Waals surface area (Å²) in [5.41, 5.74) is 1.35. The molecule has 1 atom stereocenters. The molecule has 2 heterocycles. The Morgan fingerprint density at radius 2 is 1.86 bits per heavy atom. The Hall–Kier alpha value is -1.10. The molecule has 156 valence electrons. The van der Waals surface area contributed by atoms with Gasteiger partial charge >= 0.3 is 0 Å². The van der Waals surface area contributed by atoms with E-state index in [1.807, 2.05) is 6.07 Å². The molecule has 3 aliphatic rings. The molecule has 28 heavy (non-hydrogen) atoms. The van der Waals surface area contributed by atoms with Gasteiger partial charge in [0.1, 0.15) is 5.75 Å². The summed E-state index contributed by atoms with van der Waals surface area (Å²) in [6, 6.07) is 9.45. The van der Waals surface area contributed by atoms with Crippen LogP contribution >= 0.6 is 0 Å². The third kappa shape index (κ3) is 5.49. The lowest BCUT2D eigenvalue weighted by Gasteiger charge is -2.38. The summed E-state index contributed by atoms with van der Waals surface area (Å²) in [6.45, 7) is 6.83. The first-order valence-electron chi connectivity index (χ1n) is 11.5. The molecule has 4 rings (SSSR count). The minimum Gasteiger partial charge on any atom is -0.497 e. The first kappa shape index (κ1) is 20.2. The van der Waals surface area contributed by atoms with Gasteiger partial charge in [-0.15, -0.1) is 0 Å². The molecule has 0 radical (unpaired) electrons. The van der Waals surface area contributed by atoms with Crippen molar-refractivity contribution < 1.29 is 9.47 Å². The maximum atomic E-state index is 5.97. The van der Waals surface area contributed by atoms with Crippen LogP contribution in [-0.4, -0.2) is 61.8 Å². The minimum atomic E-state index is 0.421. The molecule has 1 unspecified atom stereocenters. The van der Waals surface area contributed by atoms with E-state index in [1.165, 1.54) is 76.6 Å². The van der Waals surface area contributed by atoms with Crippen LogP contribution in [0.3, 0.4) is 0 Å². The van der Waals surface area contributed by atoms with Crippen LogP contribution in [0.5, 0.6) is 5.75 Å². The standard InChI is InChI=1S/C24H38N2O2/c1-27-23-9-4-6-21(16-23)18-25(19-24-10-5-15-28-24)17-20-11-13-26(14-12-20)22-7-2-3-8-22/h4,6,9,16,20,22,24H,2-3,5,7-8,10-15,17-19H2,1H3. The van der Waals surface area contributed by atoms with Crippen molar-refractivity contribution in [3.05, 3.63) is 29.8 Å². The van der Waals surface area contributed by atoms with Crippen molar-refractivity contribution in [2.45, 2.75) is 70.1 Å². The van der Waals surface area contributed by atoms with Crippen molar-refractivity contribution in [2.24, 2.45) is 5.92 Å². The van der Waals surface area contributed by atoms with Crippen LogP contribution < -0.4 is 4.74 Å². The van der Waals surface area contributed by atoms with E-state index in [0.717, 1.165) is 37.4 Å². The Morgan fingerprint density at radius 3 is 2.57 bits per heavy atom. The maximum Gasteiger partial charge on any atom is 0.119 e. The number of piperidine rings is 1. The predicted molar refractivity (Wildman–Crippen MR) is 114 cm³/mol. The van der Waals surface area contributed by atoms with Gasteiger partial charge in [0.25, 0.3) is 0 Å². The summed E-state index contributed by atoms with van der Waals surface area (Å²) in [7, 11) is 1.75. The van der Waals surface area contributed by atoms with E-state index in [9.17, 15) is 0 Å². The lowest BCUT2D eigenvalue weighted by atomic mass is 9.94. The van der Waals surface area contributed by atoms with Gasteiger partial charge in [0.2, 0.25) is 0 Å². The smallest absolute Gasteiger partial charge is 0.119 e. The largest absolute Gasteiger partial charge is 0.497 e. The highest BCUT2D eigenvalue weighted by Gasteiger charge is 2.28. The number of benzene rings is 1. The molecule has 0 N–H and O–H groups in total. The van der Waals surface area contributed by atoms with E-state index < -0.39 is 0 Å². The number of hydrogen-bond acceptors (Lipinski definition) is 4. The Morgan fingerprint density at radius 1 is 1.04 bits per heavy atom. The summed E-state index contributed by atoms with van der Waals surface area (Å²) >= 11 is 0. The zero-order valence-electron chi connectivity index (χ0n) is 17.7. The molecule has 3 fully saturated rings. The Balaban J connectivity index is 1.33. The number of rotatable bonds is 8. The van der Waals surface area contributed by atoms with Gasteiger partial charge in [-0.25, -0.2) is 0 Å². The molecular weight excluding hydrogens is 348 g/mol. The van der Waals surface area contributed by atoms with Crippen LogP contribution in [0.1, 0.15) is 56.9 Å². The van der Waals surface area contributed by atoms with Gasteiger partial charge in [-0.1, -0.05) is 25.0 Å². The number of ether oxygens (including phenoxy) is 2. The van der Waals surface area contributed by atoms with Crippen LogP contribution in [-0.2, 0) is 11.3 Å². The maximum absolute atomic E-state index is 5.97. The van der Waals surface area contributed by atoms with Crippen LogP contribution in [0.25, 0.3) is 0 Å². The normalized spacial score (nSPS) is 25.0. The second-order valence-electron chi connectivity index (χ2n) is 9.10. The highest BCUT2D eigenvalue weighted by Crippen LogP contribution is 2.29. The summed E-state index contributed by atoms with van der Waals surface area (Å²) in [5, 5.41) is 0. The van der Waals surface area contributed by atoms with Crippen LogP contribution in [0.4, 0.5) is 0 Å². The van der Waals surface area contributed by atoms with Crippen LogP contribution in [0.15, 0.2) is 24.3 Å². The van der Waals surface area contributed by atoms with Crippen molar-refractivity contribution in [3.63, 3.8) is 0 Å². The van der Waals surface area contributed by atoms with Gasteiger partial charge in [-0.3, -0.25) is 4.90 Å². The van der Waals surface area contributed by atoms with E-state index in [1.54, 1.807) is 7.11 Å². The molecule has 2 aliphatic heterocycles. The molecule has 0 spiro atoms. The second-order valence-corrected chi connectivity index (χ2v) is 9.10. The molecule has 1 aliphatic carbocycles. The minimum absolute atomic E-state index is 0.421. The van der Waals surface area contributed by atoms with Crippen molar-refractivity contribution in [1.29, 1.82) is 0 Å². The highest BCUT2D eigenvalue weighted by atomic mass is 16.5. The van der Waals surface area contributed by atoms with Crippen LogP contribution in [0, 0.1) is 5.92 Å². The molecule has 1 aromatic carbocycles. The molecular formula is C24H38N2O2. The third-order valence-electron chi connectivity index (χ3n) is 7.03.